The minimum atomic E-state index is 0.000669. The Balaban J connectivity index is 1.31. The number of ether oxygens (including phenoxy) is 1. The van der Waals surface area contributed by atoms with Gasteiger partial charge in [-0.05, 0) is 73.9 Å². The fourth-order valence-electron chi connectivity index (χ4n) is 7.03. The molecule has 2 saturated carbocycles. The second kappa shape index (κ2) is 9.17. The van der Waals surface area contributed by atoms with E-state index in [9.17, 15) is 4.79 Å². The summed E-state index contributed by atoms with van der Waals surface area (Å²) in [7, 11) is 3.58. The van der Waals surface area contributed by atoms with Gasteiger partial charge in [0.25, 0.3) is 5.91 Å². The number of likely N-dealkylation sites (tertiary alicyclic amines) is 1. The molecule has 4 aromatic heterocycles. The first-order chi connectivity index (χ1) is 20.0. The summed E-state index contributed by atoms with van der Waals surface area (Å²) in [5.74, 6) is 2.48. The molecule has 41 heavy (non-hydrogen) atoms. The van der Waals surface area contributed by atoms with Gasteiger partial charge in [0.05, 0.1) is 30.6 Å². The van der Waals surface area contributed by atoms with Crippen molar-refractivity contribution in [2.24, 2.45) is 24.6 Å². The number of carbonyl (C=O) groups is 1. The van der Waals surface area contributed by atoms with Gasteiger partial charge in [0.1, 0.15) is 16.9 Å². The molecule has 1 aliphatic heterocycles. The first-order valence-electron chi connectivity index (χ1n) is 14.6. The van der Waals surface area contributed by atoms with Crippen LogP contribution in [0.4, 0.5) is 0 Å². The summed E-state index contributed by atoms with van der Waals surface area (Å²) in [6, 6.07) is 12.2. The molecule has 2 unspecified atom stereocenters. The molecule has 3 atom stereocenters. The Morgan fingerprint density at radius 1 is 1.12 bits per heavy atom. The van der Waals surface area contributed by atoms with Crippen LogP contribution in [0.3, 0.4) is 0 Å². The Morgan fingerprint density at radius 3 is 2.71 bits per heavy atom. The number of aromatic nitrogens is 6. The third-order valence-corrected chi connectivity index (χ3v) is 9.30. The number of fused-ring (bicyclic) bond motifs is 4. The number of hydrogen-bond acceptors (Lipinski definition) is 6. The van der Waals surface area contributed by atoms with E-state index < -0.39 is 0 Å². The van der Waals surface area contributed by atoms with Gasteiger partial charge >= 0.3 is 0 Å². The fourth-order valence-corrected chi connectivity index (χ4v) is 7.03. The number of pyridine rings is 1. The van der Waals surface area contributed by atoms with E-state index in [0.717, 1.165) is 65.2 Å². The van der Waals surface area contributed by atoms with Crippen LogP contribution in [0.1, 0.15) is 41.7 Å². The summed E-state index contributed by atoms with van der Waals surface area (Å²) in [6.45, 7) is 2.14. The smallest absolute Gasteiger partial charge is 0.254 e. The van der Waals surface area contributed by atoms with Crippen molar-refractivity contribution >= 4 is 28.0 Å². The van der Waals surface area contributed by atoms with Crippen LogP contribution in [0.15, 0.2) is 48.8 Å². The predicted molar refractivity (Wildman–Crippen MR) is 156 cm³/mol. The number of aryl methyl sites for hydroxylation is 1. The predicted octanol–water partition coefficient (Wildman–Crippen LogP) is 3.82. The quantitative estimate of drug-likeness (QED) is 0.330. The van der Waals surface area contributed by atoms with Gasteiger partial charge in [-0.25, -0.2) is 9.97 Å². The van der Waals surface area contributed by atoms with E-state index >= 15 is 0 Å². The third kappa shape index (κ3) is 3.95. The molecule has 3 aliphatic rings. The summed E-state index contributed by atoms with van der Waals surface area (Å²) < 4.78 is 12.3. The lowest BCUT2D eigenvalue weighted by Crippen LogP contribution is -2.41. The maximum Gasteiger partial charge on any atom is 0.254 e. The molecule has 2 aliphatic carbocycles. The lowest BCUT2D eigenvalue weighted by atomic mass is 10.1. The molecule has 0 spiro atoms. The average Bonchev–Trinajstić information content (AvgIpc) is 3.25. The van der Waals surface area contributed by atoms with Gasteiger partial charge < -0.3 is 24.5 Å². The van der Waals surface area contributed by atoms with Crippen LogP contribution >= 0.6 is 0 Å². The summed E-state index contributed by atoms with van der Waals surface area (Å²) in [6.07, 6.45) is 8.34. The molecule has 2 N–H and O–H groups in total. The maximum atomic E-state index is 13.8. The molecular formula is C31H34N8O2. The highest BCUT2D eigenvalue weighted by Crippen LogP contribution is 2.40. The first kappa shape index (κ1) is 24.6. The van der Waals surface area contributed by atoms with Crippen LogP contribution in [0.2, 0.25) is 0 Å². The van der Waals surface area contributed by atoms with Gasteiger partial charge in [-0.15, -0.1) is 0 Å². The molecule has 8 rings (SSSR count). The normalized spacial score (nSPS) is 21.9. The van der Waals surface area contributed by atoms with E-state index in [1.807, 2.05) is 53.3 Å². The third-order valence-electron chi connectivity index (χ3n) is 9.30. The number of methoxy groups -OCH3 is 1. The highest BCUT2D eigenvalue weighted by Gasteiger charge is 2.47. The molecule has 2 bridgehead atoms. The van der Waals surface area contributed by atoms with E-state index in [1.165, 1.54) is 12.8 Å². The minimum absolute atomic E-state index is 0.000669. The molecule has 1 saturated heterocycles. The number of benzene rings is 1. The number of carbonyl (C=O) groups excluding carboxylic acids is 1. The highest BCUT2D eigenvalue weighted by molar-refractivity contribution is 6.00. The molecule has 1 amide bonds. The Bertz CT molecular complexity index is 1810. The van der Waals surface area contributed by atoms with E-state index in [0.29, 0.717) is 29.7 Å². The number of rotatable bonds is 7. The molecule has 5 aromatic rings. The van der Waals surface area contributed by atoms with E-state index in [2.05, 4.69) is 26.4 Å². The molecular weight excluding hydrogens is 516 g/mol. The van der Waals surface area contributed by atoms with Gasteiger partial charge in [-0.2, -0.15) is 5.10 Å². The summed E-state index contributed by atoms with van der Waals surface area (Å²) in [5, 5.41) is 5.75. The molecule has 0 radical (unpaired) electrons. The summed E-state index contributed by atoms with van der Waals surface area (Å²) in [4.78, 5) is 25.7. The Kier molecular flexibility index (Phi) is 5.50. The second-order valence-corrected chi connectivity index (χ2v) is 12.0. The summed E-state index contributed by atoms with van der Waals surface area (Å²) in [5.41, 5.74) is 11.5. The van der Waals surface area contributed by atoms with Crippen molar-refractivity contribution < 1.29 is 9.53 Å². The molecule has 1 aromatic carbocycles. The SMILES string of the molecule is COc1cc(C(=O)N2CC3CCC2[C@@H]3N)cc2nc(-c3cc4cccnc4n3CC3CC3)n(Cc3ccn(C)n3)c12. The van der Waals surface area contributed by atoms with E-state index in [-0.39, 0.29) is 18.0 Å². The van der Waals surface area contributed by atoms with Crippen molar-refractivity contribution in [1.29, 1.82) is 0 Å². The Labute approximate surface area is 237 Å². The first-order valence-corrected chi connectivity index (χ1v) is 14.6. The van der Waals surface area contributed by atoms with Crippen molar-refractivity contribution in [2.75, 3.05) is 13.7 Å². The van der Waals surface area contributed by atoms with Gasteiger partial charge in [0.15, 0.2) is 5.82 Å². The standard InChI is InChI=1S/C31H34N8O2/c1-36-11-9-22(35-36)17-39-28-23(12-21(14-26(28)41-2)31(40)38-16-20-7-8-24(38)27(20)32)34-30(39)25-13-19-4-3-10-33-29(19)37(25)15-18-5-6-18/h3-4,9-14,18,20,24,27H,5-8,15-17,32H2,1-2H3/t20?,24?,27-/m1/s1. The molecule has 10 nitrogen and oxygen atoms in total. The van der Waals surface area contributed by atoms with E-state index in [4.69, 9.17) is 20.4 Å². The van der Waals surface area contributed by atoms with Crippen LogP contribution in [0.25, 0.3) is 33.6 Å². The number of imidazole rings is 1. The number of hydrogen-bond donors (Lipinski definition) is 1. The Morgan fingerprint density at radius 2 is 2.00 bits per heavy atom. The molecule has 210 valence electrons. The van der Waals surface area contributed by atoms with Crippen LogP contribution < -0.4 is 10.5 Å². The topological polar surface area (TPSA) is 109 Å². The van der Waals surface area contributed by atoms with Crippen LogP contribution in [0.5, 0.6) is 5.75 Å². The van der Waals surface area contributed by atoms with Gasteiger partial charge in [0, 0.05) is 55.6 Å². The molecule has 5 heterocycles. The van der Waals surface area contributed by atoms with Crippen molar-refractivity contribution in [3.05, 3.63) is 60.0 Å². The fraction of sp³-hybridized carbons (Fsp3) is 0.419. The molecule has 3 fully saturated rings. The van der Waals surface area contributed by atoms with Crippen LogP contribution in [-0.2, 0) is 20.1 Å². The van der Waals surface area contributed by atoms with Crippen molar-refractivity contribution in [2.45, 2.75) is 50.9 Å². The minimum Gasteiger partial charge on any atom is -0.494 e. The monoisotopic (exact) mass is 550 g/mol. The lowest BCUT2D eigenvalue weighted by Gasteiger charge is -2.27. The number of piperidine rings is 1. The largest absolute Gasteiger partial charge is 0.494 e. The van der Waals surface area contributed by atoms with Crippen molar-refractivity contribution in [3.63, 3.8) is 0 Å². The van der Waals surface area contributed by atoms with Gasteiger partial charge in [-0.3, -0.25) is 9.48 Å². The molecule has 10 heteroatoms. The van der Waals surface area contributed by atoms with E-state index in [1.54, 1.807) is 7.11 Å². The van der Waals surface area contributed by atoms with Crippen molar-refractivity contribution in [3.8, 4) is 17.3 Å². The second-order valence-electron chi connectivity index (χ2n) is 12.0. The number of nitrogens with zero attached hydrogens (tertiary/aromatic N) is 7. The van der Waals surface area contributed by atoms with Gasteiger partial charge in [0.2, 0.25) is 0 Å². The summed E-state index contributed by atoms with van der Waals surface area (Å²) >= 11 is 0. The Hall–Kier alpha value is -4.18. The number of nitrogens with two attached hydrogens (primary N) is 1. The van der Waals surface area contributed by atoms with Gasteiger partial charge in [-0.1, -0.05) is 0 Å². The maximum absolute atomic E-state index is 13.8. The van der Waals surface area contributed by atoms with Crippen LogP contribution in [0, 0.1) is 11.8 Å². The lowest BCUT2D eigenvalue weighted by molar-refractivity contribution is 0.0700. The van der Waals surface area contributed by atoms with Crippen molar-refractivity contribution in [1.82, 2.24) is 33.8 Å². The zero-order valence-corrected chi connectivity index (χ0v) is 23.4. The number of amides is 1. The highest BCUT2D eigenvalue weighted by atomic mass is 16.5. The van der Waals surface area contributed by atoms with Crippen LogP contribution in [-0.4, -0.2) is 65.4 Å². The average molecular weight is 551 g/mol. The zero-order valence-electron chi connectivity index (χ0n) is 23.4. The zero-order chi connectivity index (χ0) is 27.8.